The van der Waals surface area contributed by atoms with Crippen molar-refractivity contribution in [1.82, 2.24) is 9.29 Å². The molecule has 0 aliphatic carbocycles. The number of aromatic nitrogens is 1. The Hall–Kier alpha value is -1.73. The number of benzene rings is 2. The van der Waals surface area contributed by atoms with Gasteiger partial charge in [0.05, 0.1) is 6.04 Å². The number of rotatable bonds is 5. The molecule has 0 amide bonds. The van der Waals surface area contributed by atoms with E-state index in [0.717, 1.165) is 15.6 Å². The normalized spacial score (nSPS) is 12.9. The Kier molecular flexibility index (Phi) is 5.77. The molecule has 3 rings (SSSR count). The summed E-state index contributed by atoms with van der Waals surface area (Å²) in [4.78, 5) is 4.00. The number of halogens is 2. The topological polar surface area (TPSA) is 50.3 Å². The Morgan fingerprint density at radius 2 is 1.65 bits per heavy atom. The Morgan fingerprint density at radius 1 is 1.00 bits per heavy atom. The lowest BCUT2D eigenvalue weighted by atomic mass is 9.99. The van der Waals surface area contributed by atoms with Crippen LogP contribution in [0, 0.1) is 0 Å². The summed E-state index contributed by atoms with van der Waals surface area (Å²) in [5, 5.41) is 0.247. The van der Waals surface area contributed by atoms with Crippen LogP contribution in [0.4, 0.5) is 0 Å². The molecule has 1 unspecified atom stereocenters. The van der Waals surface area contributed by atoms with Gasteiger partial charge in [-0.15, -0.1) is 0 Å². The average molecular weight is 452 g/mol. The van der Waals surface area contributed by atoms with E-state index in [9.17, 15) is 8.42 Å². The molecule has 0 N–H and O–H groups in total. The maximum Gasteiger partial charge on any atom is 0.245 e. The first-order chi connectivity index (χ1) is 12.4. The van der Waals surface area contributed by atoms with Crippen LogP contribution in [0.25, 0.3) is 0 Å². The predicted molar refractivity (Wildman–Crippen MR) is 107 cm³/mol. The van der Waals surface area contributed by atoms with Crippen LogP contribution >= 0.6 is 27.5 Å². The number of nitrogens with zero attached hydrogens (tertiary/aromatic N) is 2. The maximum absolute atomic E-state index is 13.2. The van der Waals surface area contributed by atoms with Crippen LogP contribution in [0.5, 0.6) is 0 Å². The molecule has 0 aliphatic heterocycles. The second-order valence-electron chi connectivity index (χ2n) is 5.67. The van der Waals surface area contributed by atoms with E-state index in [2.05, 4.69) is 20.9 Å². The summed E-state index contributed by atoms with van der Waals surface area (Å²) in [5.41, 5.74) is 1.72. The lowest BCUT2D eigenvalue weighted by Crippen LogP contribution is -2.32. The molecule has 1 aromatic heterocycles. The molecule has 2 aromatic carbocycles. The molecule has 1 heterocycles. The largest absolute Gasteiger partial charge is 0.245 e. The lowest BCUT2D eigenvalue weighted by molar-refractivity contribution is 0.417. The van der Waals surface area contributed by atoms with E-state index < -0.39 is 16.1 Å². The molecule has 0 saturated heterocycles. The quantitative estimate of drug-likeness (QED) is 0.518. The van der Waals surface area contributed by atoms with Crippen LogP contribution in [0.2, 0.25) is 5.15 Å². The van der Waals surface area contributed by atoms with Crippen LogP contribution in [-0.2, 0) is 10.0 Å². The van der Waals surface area contributed by atoms with Crippen molar-refractivity contribution in [2.45, 2.75) is 10.9 Å². The average Bonchev–Trinajstić information content (AvgIpc) is 2.64. The first-order valence-electron chi connectivity index (χ1n) is 7.80. The number of pyridine rings is 1. The van der Waals surface area contributed by atoms with Gasteiger partial charge in [0.2, 0.25) is 10.0 Å². The van der Waals surface area contributed by atoms with Crippen LogP contribution in [0.1, 0.15) is 17.2 Å². The first kappa shape index (κ1) is 19.0. The van der Waals surface area contributed by atoms with Gasteiger partial charge in [-0.05, 0) is 29.3 Å². The van der Waals surface area contributed by atoms with Crippen molar-refractivity contribution in [3.8, 4) is 0 Å². The summed E-state index contributed by atoms with van der Waals surface area (Å²) in [7, 11) is -2.21. The Balaban J connectivity index is 2.13. The monoisotopic (exact) mass is 450 g/mol. The highest BCUT2D eigenvalue weighted by Crippen LogP contribution is 2.35. The van der Waals surface area contributed by atoms with Crippen molar-refractivity contribution in [2.24, 2.45) is 0 Å². The molecule has 4 nitrogen and oxygen atoms in total. The second kappa shape index (κ2) is 7.88. The smallest absolute Gasteiger partial charge is 0.243 e. The molecular weight excluding hydrogens is 436 g/mol. The van der Waals surface area contributed by atoms with E-state index in [-0.39, 0.29) is 10.0 Å². The third kappa shape index (κ3) is 3.83. The van der Waals surface area contributed by atoms with Crippen molar-refractivity contribution in [3.63, 3.8) is 0 Å². The van der Waals surface area contributed by atoms with Crippen molar-refractivity contribution in [2.75, 3.05) is 7.05 Å². The van der Waals surface area contributed by atoms with Gasteiger partial charge in [0.25, 0.3) is 0 Å². The van der Waals surface area contributed by atoms with E-state index in [1.165, 1.54) is 22.6 Å². The van der Waals surface area contributed by atoms with Crippen LogP contribution in [-0.4, -0.2) is 24.8 Å². The molecule has 7 heteroatoms. The molecule has 0 radical (unpaired) electrons. The molecule has 0 saturated carbocycles. The molecule has 0 aliphatic rings. The van der Waals surface area contributed by atoms with Crippen molar-refractivity contribution >= 4 is 37.6 Å². The van der Waals surface area contributed by atoms with Crippen molar-refractivity contribution in [1.29, 1.82) is 0 Å². The number of hydrogen-bond acceptors (Lipinski definition) is 3. The standard InChI is InChI=1S/C19H16BrClN2O2S/c1-23(26(24,25)15-11-12-18(21)22-13-15)19(14-7-3-2-4-8-14)16-9-5-6-10-17(16)20/h2-13,19H,1H3. The van der Waals surface area contributed by atoms with Gasteiger partial charge in [-0.2, -0.15) is 4.31 Å². The minimum Gasteiger partial charge on any atom is -0.243 e. The number of sulfonamides is 1. The minimum absolute atomic E-state index is 0.0948. The molecule has 0 fully saturated rings. The van der Waals surface area contributed by atoms with Gasteiger partial charge in [-0.25, -0.2) is 13.4 Å². The fourth-order valence-electron chi connectivity index (χ4n) is 2.74. The summed E-state index contributed by atoms with van der Waals surface area (Å²) in [5.74, 6) is 0. The molecule has 0 spiro atoms. The molecule has 3 aromatic rings. The third-order valence-electron chi connectivity index (χ3n) is 4.06. The molecule has 26 heavy (non-hydrogen) atoms. The molecule has 1 atom stereocenters. The Labute approximate surface area is 166 Å². The van der Waals surface area contributed by atoms with E-state index in [1.807, 2.05) is 54.6 Å². The van der Waals surface area contributed by atoms with Gasteiger partial charge >= 0.3 is 0 Å². The fourth-order valence-corrected chi connectivity index (χ4v) is 4.62. The maximum atomic E-state index is 13.2. The first-order valence-corrected chi connectivity index (χ1v) is 10.4. The van der Waals surface area contributed by atoms with E-state index in [0.29, 0.717) is 0 Å². The van der Waals surface area contributed by atoms with E-state index >= 15 is 0 Å². The van der Waals surface area contributed by atoms with Gasteiger partial charge in [-0.3, -0.25) is 0 Å². The van der Waals surface area contributed by atoms with Crippen LogP contribution in [0.3, 0.4) is 0 Å². The minimum atomic E-state index is -3.78. The summed E-state index contributed by atoms with van der Waals surface area (Å²) in [6, 6.07) is 19.5. The van der Waals surface area contributed by atoms with Gasteiger partial charge in [0.15, 0.2) is 0 Å². The summed E-state index contributed by atoms with van der Waals surface area (Å²) in [6.07, 6.45) is 1.27. The summed E-state index contributed by atoms with van der Waals surface area (Å²) < 4.78 is 28.5. The second-order valence-corrected chi connectivity index (χ2v) is 8.91. The highest BCUT2D eigenvalue weighted by Gasteiger charge is 2.31. The van der Waals surface area contributed by atoms with Gasteiger partial charge in [0.1, 0.15) is 10.0 Å². The zero-order valence-electron chi connectivity index (χ0n) is 13.9. The van der Waals surface area contributed by atoms with Crippen molar-refractivity contribution < 1.29 is 8.42 Å². The van der Waals surface area contributed by atoms with E-state index in [4.69, 9.17) is 11.6 Å². The lowest BCUT2D eigenvalue weighted by Gasteiger charge is -2.29. The van der Waals surface area contributed by atoms with Crippen LogP contribution in [0.15, 0.2) is 82.3 Å². The van der Waals surface area contributed by atoms with E-state index in [1.54, 1.807) is 7.05 Å². The predicted octanol–water partition coefficient (Wildman–Crippen LogP) is 4.91. The van der Waals surface area contributed by atoms with Gasteiger partial charge < -0.3 is 0 Å². The summed E-state index contributed by atoms with van der Waals surface area (Å²) in [6.45, 7) is 0. The SMILES string of the molecule is CN(C(c1ccccc1)c1ccccc1Br)S(=O)(=O)c1ccc(Cl)nc1. The molecular formula is C19H16BrClN2O2S. The zero-order valence-corrected chi connectivity index (χ0v) is 17.0. The van der Waals surface area contributed by atoms with Crippen LogP contribution < -0.4 is 0 Å². The highest BCUT2D eigenvalue weighted by atomic mass is 79.9. The zero-order chi connectivity index (χ0) is 18.7. The van der Waals surface area contributed by atoms with Crippen molar-refractivity contribution in [3.05, 3.63) is 93.7 Å². The Morgan fingerprint density at radius 3 is 2.27 bits per heavy atom. The fraction of sp³-hybridized carbons (Fsp3) is 0.105. The summed E-state index contributed by atoms with van der Waals surface area (Å²) >= 11 is 9.33. The highest BCUT2D eigenvalue weighted by molar-refractivity contribution is 9.10. The number of hydrogen-bond donors (Lipinski definition) is 0. The Bertz CT molecular complexity index is 996. The molecule has 134 valence electrons. The van der Waals surface area contributed by atoms with Gasteiger partial charge in [-0.1, -0.05) is 76.1 Å². The van der Waals surface area contributed by atoms with Gasteiger partial charge in [0, 0.05) is 17.7 Å². The third-order valence-corrected chi connectivity index (χ3v) is 6.81. The molecule has 0 bridgehead atoms.